The van der Waals surface area contributed by atoms with Gasteiger partial charge in [-0.05, 0) is 31.9 Å². The van der Waals surface area contributed by atoms with Crippen LogP contribution in [0.5, 0.6) is 5.88 Å². The molecule has 1 atom stereocenters. The molecular formula is C18H19N5O2. The van der Waals surface area contributed by atoms with E-state index in [1.54, 1.807) is 12.3 Å². The number of hydrogen-bond acceptors (Lipinski definition) is 5. The predicted molar refractivity (Wildman–Crippen MR) is 91.5 cm³/mol. The van der Waals surface area contributed by atoms with E-state index < -0.39 is 0 Å². The van der Waals surface area contributed by atoms with Crippen LogP contribution in [0.15, 0.2) is 43.0 Å². The Bertz CT molecular complexity index is 893. The van der Waals surface area contributed by atoms with E-state index in [1.807, 2.05) is 40.6 Å². The Balaban J connectivity index is 1.54. The Kier molecular flexibility index (Phi) is 4.05. The van der Waals surface area contributed by atoms with Crippen molar-refractivity contribution in [1.82, 2.24) is 24.3 Å². The molecule has 1 aliphatic heterocycles. The quantitative estimate of drug-likeness (QED) is 0.732. The second-order valence-corrected chi connectivity index (χ2v) is 6.16. The van der Waals surface area contributed by atoms with E-state index in [2.05, 4.69) is 15.0 Å². The van der Waals surface area contributed by atoms with Crippen molar-refractivity contribution in [3.8, 4) is 5.88 Å². The fourth-order valence-corrected chi connectivity index (χ4v) is 3.26. The molecule has 1 amide bonds. The van der Waals surface area contributed by atoms with Gasteiger partial charge in [-0.25, -0.2) is 15.0 Å². The number of pyridine rings is 1. The van der Waals surface area contributed by atoms with Crippen LogP contribution >= 0.6 is 0 Å². The zero-order valence-corrected chi connectivity index (χ0v) is 14.0. The van der Waals surface area contributed by atoms with E-state index in [-0.39, 0.29) is 12.0 Å². The highest BCUT2D eigenvalue weighted by atomic mass is 16.5. The number of aromatic nitrogens is 4. The van der Waals surface area contributed by atoms with E-state index >= 15 is 0 Å². The van der Waals surface area contributed by atoms with Crippen LogP contribution in [0.2, 0.25) is 0 Å². The average molecular weight is 337 g/mol. The van der Waals surface area contributed by atoms with Gasteiger partial charge in [0, 0.05) is 25.0 Å². The van der Waals surface area contributed by atoms with Gasteiger partial charge in [-0.1, -0.05) is 6.07 Å². The van der Waals surface area contributed by atoms with Gasteiger partial charge in [-0.15, -0.1) is 0 Å². The maximum absolute atomic E-state index is 13.1. The molecule has 1 aliphatic rings. The molecule has 0 spiro atoms. The molecule has 3 aromatic rings. The number of piperidine rings is 1. The first-order chi connectivity index (χ1) is 12.2. The summed E-state index contributed by atoms with van der Waals surface area (Å²) in [6, 6.07) is 7.46. The number of hydrogen-bond donors (Lipinski definition) is 0. The Labute approximate surface area is 145 Å². The molecule has 0 saturated carbocycles. The minimum absolute atomic E-state index is 0.00723. The third-order valence-corrected chi connectivity index (χ3v) is 4.41. The second kappa shape index (κ2) is 6.51. The van der Waals surface area contributed by atoms with E-state index in [9.17, 15) is 4.79 Å². The first-order valence-electron chi connectivity index (χ1n) is 8.38. The lowest BCUT2D eigenvalue weighted by Crippen LogP contribution is -2.45. The molecular weight excluding hydrogens is 318 g/mol. The molecule has 1 saturated heterocycles. The fraction of sp³-hybridized carbons (Fsp3) is 0.333. The minimum Gasteiger partial charge on any atom is -0.472 e. The summed E-state index contributed by atoms with van der Waals surface area (Å²) in [5.74, 6) is 0.535. The summed E-state index contributed by atoms with van der Waals surface area (Å²) in [7, 11) is 0. The smallest absolute Gasteiger partial charge is 0.272 e. The van der Waals surface area contributed by atoms with Crippen LogP contribution in [-0.2, 0) is 0 Å². The first kappa shape index (κ1) is 15.6. The van der Waals surface area contributed by atoms with Crippen LogP contribution in [0.3, 0.4) is 0 Å². The summed E-state index contributed by atoms with van der Waals surface area (Å²) in [5, 5.41) is 0. The van der Waals surface area contributed by atoms with Crippen molar-refractivity contribution in [2.45, 2.75) is 25.9 Å². The van der Waals surface area contributed by atoms with Crippen LogP contribution in [0, 0.1) is 6.92 Å². The van der Waals surface area contributed by atoms with Crippen molar-refractivity contribution in [2.75, 3.05) is 13.1 Å². The molecule has 25 heavy (non-hydrogen) atoms. The van der Waals surface area contributed by atoms with Crippen LogP contribution < -0.4 is 4.74 Å². The molecule has 7 nitrogen and oxygen atoms in total. The summed E-state index contributed by atoms with van der Waals surface area (Å²) in [6.07, 6.45) is 6.73. The van der Waals surface area contributed by atoms with Crippen molar-refractivity contribution in [1.29, 1.82) is 0 Å². The van der Waals surface area contributed by atoms with Crippen molar-refractivity contribution in [3.05, 3.63) is 54.4 Å². The number of carbonyl (C=O) groups is 1. The molecule has 3 aromatic heterocycles. The zero-order valence-electron chi connectivity index (χ0n) is 14.0. The summed E-state index contributed by atoms with van der Waals surface area (Å²) in [5.41, 5.74) is 2.16. The lowest BCUT2D eigenvalue weighted by molar-refractivity contribution is 0.0520. The molecule has 128 valence electrons. The molecule has 0 aromatic carbocycles. The monoisotopic (exact) mass is 337 g/mol. The first-order valence-corrected chi connectivity index (χ1v) is 8.38. The van der Waals surface area contributed by atoms with Gasteiger partial charge >= 0.3 is 0 Å². The van der Waals surface area contributed by atoms with Crippen LogP contribution in [-0.4, -0.2) is 49.4 Å². The number of aryl methyl sites for hydroxylation is 1. The third-order valence-electron chi connectivity index (χ3n) is 4.41. The lowest BCUT2D eigenvalue weighted by Gasteiger charge is -2.32. The van der Waals surface area contributed by atoms with Crippen LogP contribution in [0.1, 0.15) is 29.0 Å². The molecule has 1 fully saturated rings. The van der Waals surface area contributed by atoms with Crippen LogP contribution in [0.25, 0.3) is 5.65 Å². The highest BCUT2D eigenvalue weighted by Gasteiger charge is 2.28. The van der Waals surface area contributed by atoms with Crippen molar-refractivity contribution in [2.24, 2.45) is 0 Å². The van der Waals surface area contributed by atoms with Crippen LogP contribution in [0.4, 0.5) is 0 Å². The van der Waals surface area contributed by atoms with Gasteiger partial charge in [0.05, 0.1) is 12.2 Å². The summed E-state index contributed by atoms with van der Waals surface area (Å²) in [6.45, 7) is 3.14. The number of carbonyl (C=O) groups excluding carboxylic acids is 1. The SMILES string of the molecule is Cc1nc2ccccn2c1C(=O)N1CCCC(Oc2ccncn2)C1. The number of likely N-dealkylation sites (tertiary alicyclic amines) is 1. The van der Waals surface area contributed by atoms with Crippen molar-refractivity contribution in [3.63, 3.8) is 0 Å². The largest absolute Gasteiger partial charge is 0.472 e. The van der Waals surface area contributed by atoms with Gasteiger partial charge in [0.15, 0.2) is 0 Å². The van der Waals surface area contributed by atoms with E-state index in [4.69, 9.17) is 4.74 Å². The summed E-state index contributed by atoms with van der Waals surface area (Å²) in [4.78, 5) is 27.4. The van der Waals surface area contributed by atoms with Crippen molar-refractivity contribution >= 4 is 11.6 Å². The summed E-state index contributed by atoms with van der Waals surface area (Å²) < 4.78 is 7.76. The maximum atomic E-state index is 13.1. The summed E-state index contributed by atoms with van der Waals surface area (Å²) >= 11 is 0. The van der Waals surface area contributed by atoms with Gasteiger partial charge in [0.2, 0.25) is 5.88 Å². The molecule has 7 heteroatoms. The molecule has 0 aliphatic carbocycles. The fourth-order valence-electron chi connectivity index (χ4n) is 3.26. The molecule has 0 radical (unpaired) electrons. The molecule has 1 unspecified atom stereocenters. The Morgan fingerprint density at radius 2 is 2.24 bits per heavy atom. The van der Waals surface area contributed by atoms with Gasteiger partial charge in [0.25, 0.3) is 5.91 Å². The van der Waals surface area contributed by atoms with E-state index in [0.717, 1.165) is 30.7 Å². The highest BCUT2D eigenvalue weighted by Crippen LogP contribution is 2.20. The normalized spacial score (nSPS) is 17.6. The average Bonchev–Trinajstić information content (AvgIpc) is 2.98. The maximum Gasteiger partial charge on any atom is 0.272 e. The number of rotatable bonds is 3. The predicted octanol–water partition coefficient (Wildman–Crippen LogP) is 2.12. The molecule has 4 heterocycles. The second-order valence-electron chi connectivity index (χ2n) is 6.16. The molecule has 0 bridgehead atoms. The number of imidazole rings is 1. The number of ether oxygens (including phenoxy) is 1. The lowest BCUT2D eigenvalue weighted by atomic mass is 10.1. The van der Waals surface area contributed by atoms with E-state index in [0.29, 0.717) is 18.1 Å². The van der Waals surface area contributed by atoms with Gasteiger partial charge in [-0.3, -0.25) is 9.20 Å². The Morgan fingerprint density at radius 1 is 1.32 bits per heavy atom. The zero-order chi connectivity index (χ0) is 17.2. The molecule has 0 N–H and O–H groups in total. The highest BCUT2D eigenvalue weighted by molar-refractivity contribution is 5.94. The Morgan fingerprint density at radius 3 is 3.08 bits per heavy atom. The molecule has 4 rings (SSSR count). The van der Waals surface area contributed by atoms with Gasteiger partial charge < -0.3 is 9.64 Å². The standard InChI is InChI=1S/C18H19N5O2/c1-13-17(23-10-3-2-6-15(23)21-13)18(24)22-9-4-5-14(11-22)25-16-7-8-19-12-20-16/h2-3,6-8,10,12,14H,4-5,9,11H2,1H3. The van der Waals surface area contributed by atoms with Gasteiger partial charge in [0.1, 0.15) is 23.8 Å². The van der Waals surface area contributed by atoms with Gasteiger partial charge in [-0.2, -0.15) is 0 Å². The number of fused-ring (bicyclic) bond motifs is 1. The minimum atomic E-state index is -0.0629. The van der Waals surface area contributed by atoms with E-state index in [1.165, 1.54) is 6.33 Å². The number of nitrogens with zero attached hydrogens (tertiary/aromatic N) is 5. The number of amides is 1. The Hall–Kier alpha value is -2.96. The van der Waals surface area contributed by atoms with Crippen molar-refractivity contribution < 1.29 is 9.53 Å². The third kappa shape index (κ3) is 3.05. The topological polar surface area (TPSA) is 72.6 Å².